The van der Waals surface area contributed by atoms with Crippen molar-refractivity contribution in [3.05, 3.63) is 24.3 Å². The van der Waals surface area contributed by atoms with Crippen molar-refractivity contribution in [2.24, 2.45) is 0 Å². The Morgan fingerprint density at radius 2 is 1.87 bits per heavy atom. The molecule has 1 radical (unpaired) electrons. The molecule has 15 heavy (non-hydrogen) atoms. The molecule has 0 spiro atoms. The molecule has 1 aromatic carbocycles. The smallest absolute Gasteiger partial charge is 0.260 e. The Morgan fingerprint density at radius 1 is 1.13 bits per heavy atom. The van der Waals surface area contributed by atoms with Crippen LogP contribution < -0.4 is 14.8 Å². The van der Waals surface area contributed by atoms with E-state index in [1.54, 1.807) is 0 Å². The number of hydrogen-bond donors (Lipinski definition) is 0. The molecule has 0 amide bonds. The van der Waals surface area contributed by atoms with Gasteiger partial charge in [-0.3, -0.25) is 0 Å². The van der Waals surface area contributed by atoms with Crippen molar-refractivity contribution in [1.29, 1.82) is 0 Å². The summed E-state index contributed by atoms with van der Waals surface area (Å²) in [5.41, 5.74) is 0. The first-order chi connectivity index (χ1) is 7.43. The molecule has 2 aliphatic rings. The normalized spacial score (nSPS) is 25.5. The SMILES string of the molecule is c1ccc2c(c1)OC(C1COCC[N]1)O2. The number of morpholine rings is 1. The van der Waals surface area contributed by atoms with Gasteiger partial charge in [0.1, 0.15) is 6.04 Å². The number of ether oxygens (including phenoxy) is 3. The van der Waals surface area contributed by atoms with Gasteiger partial charge in [-0.1, -0.05) is 12.1 Å². The average molecular weight is 206 g/mol. The zero-order valence-corrected chi connectivity index (χ0v) is 8.26. The van der Waals surface area contributed by atoms with Gasteiger partial charge < -0.3 is 14.2 Å². The predicted molar refractivity (Wildman–Crippen MR) is 53.1 cm³/mol. The predicted octanol–water partition coefficient (Wildman–Crippen LogP) is 0.787. The highest BCUT2D eigenvalue weighted by molar-refractivity contribution is 5.41. The summed E-state index contributed by atoms with van der Waals surface area (Å²) in [6, 6.07) is 7.65. The molecule has 1 aromatic rings. The van der Waals surface area contributed by atoms with Crippen molar-refractivity contribution >= 4 is 0 Å². The minimum absolute atomic E-state index is 0.00819. The van der Waals surface area contributed by atoms with E-state index in [1.165, 1.54) is 0 Å². The largest absolute Gasteiger partial charge is 0.449 e. The Hall–Kier alpha value is -1.26. The first kappa shape index (κ1) is 9.00. The molecule has 1 saturated heterocycles. The fraction of sp³-hybridized carbons (Fsp3) is 0.455. The van der Waals surface area contributed by atoms with Crippen LogP contribution in [0.25, 0.3) is 0 Å². The van der Waals surface area contributed by atoms with Gasteiger partial charge in [0.25, 0.3) is 6.29 Å². The lowest BCUT2D eigenvalue weighted by atomic mass is 10.3. The maximum absolute atomic E-state index is 5.65. The van der Waals surface area contributed by atoms with E-state index in [-0.39, 0.29) is 12.3 Å². The third kappa shape index (κ3) is 1.66. The number of nitrogens with zero attached hydrogens (tertiary/aromatic N) is 1. The molecule has 0 bridgehead atoms. The molecule has 1 atom stereocenters. The van der Waals surface area contributed by atoms with E-state index in [9.17, 15) is 0 Å². The van der Waals surface area contributed by atoms with Gasteiger partial charge in [-0.15, -0.1) is 0 Å². The van der Waals surface area contributed by atoms with E-state index in [2.05, 4.69) is 5.32 Å². The summed E-state index contributed by atoms with van der Waals surface area (Å²) in [6.07, 6.45) is -0.317. The molecule has 4 nitrogen and oxygen atoms in total. The number of benzene rings is 1. The van der Waals surface area contributed by atoms with Gasteiger partial charge in [-0.25, -0.2) is 5.32 Å². The van der Waals surface area contributed by atoms with Crippen molar-refractivity contribution in [2.45, 2.75) is 12.3 Å². The van der Waals surface area contributed by atoms with Gasteiger partial charge in [0, 0.05) is 6.54 Å². The average Bonchev–Trinajstić information content (AvgIpc) is 2.74. The maximum atomic E-state index is 5.65. The van der Waals surface area contributed by atoms with Crippen molar-refractivity contribution in [3.63, 3.8) is 0 Å². The highest BCUT2D eigenvalue weighted by atomic mass is 16.7. The molecule has 0 aliphatic carbocycles. The van der Waals surface area contributed by atoms with E-state index >= 15 is 0 Å². The third-order valence-electron chi connectivity index (χ3n) is 2.54. The molecule has 2 aliphatic heterocycles. The lowest BCUT2D eigenvalue weighted by molar-refractivity contribution is -0.0407. The van der Waals surface area contributed by atoms with Gasteiger partial charge in [-0.05, 0) is 12.1 Å². The summed E-state index contributed by atoms with van der Waals surface area (Å²) in [5, 5.41) is 4.42. The number of para-hydroxylation sites is 2. The molecular weight excluding hydrogens is 194 g/mol. The number of rotatable bonds is 1. The lowest BCUT2D eigenvalue weighted by Crippen LogP contribution is -2.47. The van der Waals surface area contributed by atoms with Gasteiger partial charge in [-0.2, -0.15) is 0 Å². The van der Waals surface area contributed by atoms with Crippen LogP contribution in [0.3, 0.4) is 0 Å². The van der Waals surface area contributed by atoms with Crippen LogP contribution in [0.15, 0.2) is 24.3 Å². The summed E-state index contributed by atoms with van der Waals surface area (Å²) in [7, 11) is 0. The molecule has 3 rings (SSSR count). The minimum Gasteiger partial charge on any atom is -0.449 e. The van der Waals surface area contributed by atoms with E-state index in [0.717, 1.165) is 18.0 Å². The second-order valence-corrected chi connectivity index (χ2v) is 3.60. The second-order valence-electron chi connectivity index (χ2n) is 3.60. The van der Waals surface area contributed by atoms with Crippen LogP contribution in [0, 0.1) is 0 Å². The lowest BCUT2D eigenvalue weighted by Gasteiger charge is -2.25. The van der Waals surface area contributed by atoms with Crippen LogP contribution in [-0.4, -0.2) is 32.1 Å². The Kier molecular flexibility index (Phi) is 2.23. The van der Waals surface area contributed by atoms with E-state index < -0.39 is 0 Å². The van der Waals surface area contributed by atoms with Crippen LogP contribution in [0.2, 0.25) is 0 Å². The Bertz CT molecular complexity index is 324. The van der Waals surface area contributed by atoms with Crippen molar-refractivity contribution < 1.29 is 14.2 Å². The van der Waals surface area contributed by atoms with Gasteiger partial charge in [0.05, 0.1) is 13.2 Å². The van der Waals surface area contributed by atoms with Crippen molar-refractivity contribution in [2.75, 3.05) is 19.8 Å². The third-order valence-corrected chi connectivity index (χ3v) is 2.54. The topological polar surface area (TPSA) is 41.8 Å². The summed E-state index contributed by atoms with van der Waals surface area (Å²) in [5.74, 6) is 1.59. The molecule has 2 heterocycles. The monoisotopic (exact) mass is 206 g/mol. The van der Waals surface area contributed by atoms with E-state index in [0.29, 0.717) is 13.2 Å². The Balaban J connectivity index is 1.72. The van der Waals surface area contributed by atoms with Crippen LogP contribution in [0.1, 0.15) is 0 Å². The van der Waals surface area contributed by atoms with Crippen LogP contribution >= 0.6 is 0 Å². The molecule has 0 aromatic heterocycles. The van der Waals surface area contributed by atoms with Gasteiger partial charge in [0.2, 0.25) is 0 Å². The molecule has 4 heteroatoms. The molecule has 1 fully saturated rings. The van der Waals surface area contributed by atoms with Crippen molar-refractivity contribution in [1.82, 2.24) is 5.32 Å². The summed E-state index contributed by atoms with van der Waals surface area (Å²) < 4.78 is 16.6. The van der Waals surface area contributed by atoms with Crippen LogP contribution in [0.5, 0.6) is 11.5 Å². The second kappa shape index (κ2) is 3.72. The number of hydrogen-bond acceptors (Lipinski definition) is 3. The molecular formula is C11H12NO3. The first-order valence-corrected chi connectivity index (χ1v) is 5.10. The summed E-state index contributed by atoms with van der Waals surface area (Å²) in [4.78, 5) is 0. The van der Waals surface area contributed by atoms with Crippen LogP contribution in [-0.2, 0) is 4.74 Å². The standard InChI is InChI=1S/C11H12NO3/c1-2-4-10-9(3-1)14-11(15-10)8-7-13-6-5-12-8/h1-4,8,11H,5-7H2. The van der Waals surface area contributed by atoms with Gasteiger partial charge >= 0.3 is 0 Å². The Morgan fingerprint density at radius 3 is 2.47 bits per heavy atom. The number of fused-ring (bicyclic) bond motifs is 1. The van der Waals surface area contributed by atoms with Gasteiger partial charge in [0.15, 0.2) is 11.5 Å². The molecule has 79 valence electrons. The fourth-order valence-corrected chi connectivity index (χ4v) is 1.78. The Labute approximate surface area is 88.1 Å². The molecule has 0 N–H and O–H groups in total. The fourth-order valence-electron chi connectivity index (χ4n) is 1.78. The minimum atomic E-state index is -0.317. The maximum Gasteiger partial charge on any atom is 0.260 e. The first-order valence-electron chi connectivity index (χ1n) is 5.10. The quantitative estimate of drug-likeness (QED) is 0.682. The van der Waals surface area contributed by atoms with Crippen LogP contribution in [0.4, 0.5) is 0 Å². The summed E-state index contributed by atoms with van der Waals surface area (Å²) in [6.45, 7) is 2.01. The van der Waals surface area contributed by atoms with E-state index in [1.807, 2.05) is 24.3 Å². The highest BCUT2D eigenvalue weighted by Gasteiger charge is 2.33. The zero-order valence-electron chi connectivity index (χ0n) is 8.26. The molecule has 0 saturated carbocycles. The summed E-state index contributed by atoms with van der Waals surface area (Å²) >= 11 is 0. The van der Waals surface area contributed by atoms with Crippen molar-refractivity contribution in [3.8, 4) is 11.5 Å². The van der Waals surface area contributed by atoms with E-state index in [4.69, 9.17) is 14.2 Å². The molecule has 1 unspecified atom stereocenters. The highest BCUT2D eigenvalue weighted by Crippen LogP contribution is 2.35. The zero-order chi connectivity index (χ0) is 10.1.